The van der Waals surface area contributed by atoms with Crippen molar-refractivity contribution < 1.29 is 19.1 Å². The first-order valence-electron chi connectivity index (χ1n) is 13.6. The van der Waals surface area contributed by atoms with Crippen LogP contribution in [0.15, 0.2) is 54.6 Å². The molecule has 9 nitrogen and oxygen atoms in total. The first-order chi connectivity index (χ1) is 18.5. The Bertz CT molecular complexity index is 1160. The number of hydrogen-bond donors (Lipinski definition) is 3. The van der Waals surface area contributed by atoms with Crippen molar-refractivity contribution in [2.45, 2.75) is 56.4 Å². The number of piperazine rings is 1. The molecule has 1 unspecified atom stereocenters. The Hall–Kier alpha value is -3.43. The molecule has 2 fully saturated rings. The molecule has 3 amide bonds. The van der Waals surface area contributed by atoms with Crippen LogP contribution in [0.5, 0.6) is 5.75 Å². The van der Waals surface area contributed by atoms with Gasteiger partial charge in [-0.2, -0.15) is 0 Å². The second-order valence-corrected chi connectivity index (χ2v) is 10.4. The number of likely N-dealkylation sites (N-methyl/N-ethyl adjacent to an activating group) is 1. The Morgan fingerprint density at radius 3 is 2.55 bits per heavy atom. The van der Waals surface area contributed by atoms with Crippen molar-refractivity contribution in [1.82, 2.24) is 25.8 Å². The lowest BCUT2D eigenvalue weighted by molar-refractivity contribution is -0.148. The number of amides is 3. The van der Waals surface area contributed by atoms with Crippen LogP contribution in [0, 0.1) is 0 Å². The highest BCUT2D eigenvalue weighted by molar-refractivity contribution is 5.94. The van der Waals surface area contributed by atoms with Crippen LogP contribution in [-0.4, -0.2) is 78.9 Å². The number of ether oxygens (including phenoxy) is 1. The van der Waals surface area contributed by atoms with Crippen molar-refractivity contribution in [1.29, 1.82) is 0 Å². The van der Waals surface area contributed by atoms with Gasteiger partial charge in [0.05, 0.1) is 18.7 Å². The van der Waals surface area contributed by atoms with E-state index in [1.165, 1.54) is 0 Å². The maximum Gasteiger partial charge on any atom is 0.250 e. The summed E-state index contributed by atoms with van der Waals surface area (Å²) in [5.41, 5.74) is 1.65. The van der Waals surface area contributed by atoms with E-state index in [0.717, 1.165) is 30.7 Å². The van der Waals surface area contributed by atoms with Crippen LogP contribution in [0.4, 0.5) is 0 Å². The Morgan fingerprint density at radius 1 is 1.00 bits per heavy atom. The molecule has 5 rings (SSSR count). The van der Waals surface area contributed by atoms with Gasteiger partial charge in [0, 0.05) is 31.1 Å². The standard InChI is InChI=1S/C29H37N5O4/c1-19(30-2)27(35)32-26(20-9-4-3-5-10-20)29(37)34-17-21-11-8-15-33(21)18-24(34)28(36)31-23-14-16-38-25-13-7-6-12-22(23)25/h3-7,9-10,12-13,19,21,23-24,26,30H,8,11,14-18H2,1-2H3,(H,31,36)(H,32,35)/t19-,21+,23+,24?,26-/m0/s1. The number of para-hydroxylation sites is 1. The molecule has 0 bridgehead atoms. The van der Waals surface area contributed by atoms with Gasteiger partial charge >= 0.3 is 0 Å². The molecular formula is C29H37N5O4. The number of rotatable bonds is 7. The molecule has 2 aromatic carbocycles. The number of fused-ring (bicyclic) bond motifs is 2. The lowest BCUT2D eigenvalue weighted by Crippen LogP contribution is -2.64. The fraction of sp³-hybridized carbons (Fsp3) is 0.483. The summed E-state index contributed by atoms with van der Waals surface area (Å²) < 4.78 is 5.77. The van der Waals surface area contributed by atoms with Crippen LogP contribution in [0.25, 0.3) is 0 Å². The molecule has 0 spiro atoms. The summed E-state index contributed by atoms with van der Waals surface area (Å²) in [7, 11) is 1.71. The molecule has 9 heteroatoms. The topological polar surface area (TPSA) is 103 Å². The minimum Gasteiger partial charge on any atom is -0.493 e. The van der Waals surface area contributed by atoms with Gasteiger partial charge in [0.15, 0.2) is 0 Å². The van der Waals surface area contributed by atoms with E-state index >= 15 is 0 Å². The Labute approximate surface area is 223 Å². The largest absolute Gasteiger partial charge is 0.493 e. The predicted molar refractivity (Wildman–Crippen MR) is 143 cm³/mol. The lowest BCUT2D eigenvalue weighted by Gasteiger charge is -2.44. The zero-order valence-corrected chi connectivity index (χ0v) is 22.1. The van der Waals surface area contributed by atoms with E-state index < -0.39 is 18.1 Å². The van der Waals surface area contributed by atoms with Crippen molar-refractivity contribution in [3.63, 3.8) is 0 Å². The van der Waals surface area contributed by atoms with Crippen LogP contribution in [-0.2, 0) is 14.4 Å². The Balaban J connectivity index is 1.42. The van der Waals surface area contributed by atoms with E-state index in [2.05, 4.69) is 20.9 Å². The van der Waals surface area contributed by atoms with E-state index in [0.29, 0.717) is 31.7 Å². The highest BCUT2D eigenvalue weighted by Gasteiger charge is 2.44. The monoisotopic (exact) mass is 519 g/mol. The smallest absolute Gasteiger partial charge is 0.250 e. The second-order valence-electron chi connectivity index (χ2n) is 10.4. The number of carbonyl (C=O) groups is 3. The summed E-state index contributed by atoms with van der Waals surface area (Å²) in [5, 5.41) is 9.09. The SMILES string of the molecule is CN[C@@H](C)C(=O)N[C@H](C(=O)N1C[C@H]2CCCN2CC1C(=O)N[C@@H]1CCOc2ccccc21)c1ccccc1. The van der Waals surface area contributed by atoms with Crippen LogP contribution in [0.3, 0.4) is 0 Å². The van der Waals surface area contributed by atoms with Gasteiger partial charge < -0.3 is 25.6 Å². The maximum atomic E-state index is 14.2. The van der Waals surface area contributed by atoms with Crippen LogP contribution < -0.4 is 20.7 Å². The Kier molecular flexibility index (Phi) is 7.95. The zero-order chi connectivity index (χ0) is 26.6. The molecule has 0 saturated carbocycles. The van der Waals surface area contributed by atoms with Crippen LogP contribution in [0.1, 0.15) is 49.4 Å². The molecule has 2 saturated heterocycles. The quantitative estimate of drug-likeness (QED) is 0.515. The molecule has 3 heterocycles. The van der Waals surface area contributed by atoms with Gasteiger partial charge in [-0.05, 0) is 45.0 Å². The predicted octanol–water partition coefficient (Wildman–Crippen LogP) is 1.77. The summed E-state index contributed by atoms with van der Waals surface area (Å²) in [5.74, 6) is 0.0822. The van der Waals surface area contributed by atoms with Crippen molar-refractivity contribution >= 4 is 17.7 Å². The third-order valence-electron chi connectivity index (χ3n) is 8.04. The number of nitrogens with zero attached hydrogens (tertiary/aromatic N) is 2. The number of hydrogen-bond acceptors (Lipinski definition) is 6. The minimum absolute atomic E-state index is 0.174. The van der Waals surface area contributed by atoms with E-state index in [9.17, 15) is 14.4 Å². The normalized spacial score (nSPS) is 24.4. The molecule has 0 aromatic heterocycles. The molecular weight excluding hydrogens is 482 g/mol. The van der Waals surface area contributed by atoms with E-state index in [4.69, 9.17) is 4.74 Å². The summed E-state index contributed by atoms with van der Waals surface area (Å²) in [6, 6.07) is 15.1. The van der Waals surface area contributed by atoms with E-state index in [-0.39, 0.29) is 29.8 Å². The molecule has 3 aliphatic heterocycles. The third-order valence-corrected chi connectivity index (χ3v) is 8.04. The second kappa shape index (κ2) is 11.5. The molecule has 202 valence electrons. The molecule has 0 radical (unpaired) electrons. The fourth-order valence-corrected chi connectivity index (χ4v) is 5.74. The minimum atomic E-state index is -0.883. The van der Waals surface area contributed by atoms with Gasteiger partial charge in [0.2, 0.25) is 11.8 Å². The van der Waals surface area contributed by atoms with Gasteiger partial charge in [0.25, 0.3) is 5.91 Å². The Morgan fingerprint density at radius 2 is 1.76 bits per heavy atom. The van der Waals surface area contributed by atoms with Crippen molar-refractivity contribution in [2.24, 2.45) is 0 Å². The lowest BCUT2D eigenvalue weighted by atomic mass is 9.98. The summed E-state index contributed by atoms with van der Waals surface area (Å²) in [6.45, 7) is 4.14. The number of carbonyl (C=O) groups excluding carboxylic acids is 3. The number of nitrogens with one attached hydrogen (secondary N) is 3. The first-order valence-corrected chi connectivity index (χ1v) is 13.6. The fourth-order valence-electron chi connectivity index (χ4n) is 5.74. The summed E-state index contributed by atoms with van der Waals surface area (Å²) in [6.07, 6.45) is 2.71. The highest BCUT2D eigenvalue weighted by atomic mass is 16.5. The van der Waals surface area contributed by atoms with Crippen LogP contribution in [0.2, 0.25) is 0 Å². The molecule has 5 atom stereocenters. The van der Waals surface area contributed by atoms with Crippen molar-refractivity contribution in [2.75, 3.05) is 33.3 Å². The van der Waals surface area contributed by atoms with E-state index in [1.54, 1.807) is 18.9 Å². The zero-order valence-electron chi connectivity index (χ0n) is 22.1. The first kappa shape index (κ1) is 26.2. The van der Waals surface area contributed by atoms with Gasteiger partial charge in [-0.25, -0.2) is 0 Å². The van der Waals surface area contributed by atoms with Gasteiger partial charge in [-0.15, -0.1) is 0 Å². The average Bonchev–Trinajstić information content (AvgIpc) is 3.42. The molecule has 3 N–H and O–H groups in total. The third kappa shape index (κ3) is 5.39. The maximum absolute atomic E-state index is 14.2. The molecule has 0 aliphatic carbocycles. The molecule has 2 aromatic rings. The van der Waals surface area contributed by atoms with Crippen LogP contribution >= 0.6 is 0 Å². The summed E-state index contributed by atoms with van der Waals surface area (Å²) in [4.78, 5) is 45.0. The molecule has 3 aliphatic rings. The van der Waals surface area contributed by atoms with Gasteiger partial charge in [0.1, 0.15) is 17.8 Å². The van der Waals surface area contributed by atoms with E-state index in [1.807, 2.05) is 54.6 Å². The van der Waals surface area contributed by atoms with Gasteiger partial charge in [-0.3, -0.25) is 19.3 Å². The van der Waals surface area contributed by atoms with Crippen molar-refractivity contribution in [3.8, 4) is 5.75 Å². The molecule has 38 heavy (non-hydrogen) atoms. The summed E-state index contributed by atoms with van der Waals surface area (Å²) >= 11 is 0. The van der Waals surface area contributed by atoms with Crippen molar-refractivity contribution in [3.05, 3.63) is 65.7 Å². The average molecular weight is 520 g/mol. The van der Waals surface area contributed by atoms with Gasteiger partial charge in [-0.1, -0.05) is 48.5 Å². The number of benzene rings is 2. The highest BCUT2D eigenvalue weighted by Crippen LogP contribution is 2.33.